The van der Waals surface area contributed by atoms with Crippen LogP contribution in [0.2, 0.25) is 0 Å². The summed E-state index contributed by atoms with van der Waals surface area (Å²) >= 11 is 0. The number of nitrogens with zero attached hydrogens (tertiary/aromatic N) is 2. The van der Waals surface area contributed by atoms with Crippen molar-refractivity contribution in [3.8, 4) is 0 Å². The number of imide groups is 1. The van der Waals surface area contributed by atoms with Crippen molar-refractivity contribution in [1.29, 1.82) is 0 Å². The van der Waals surface area contributed by atoms with Gasteiger partial charge in [-0.3, -0.25) is 14.9 Å². The number of urea groups is 1. The Morgan fingerprint density at radius 2 is 1.52 bits per heavy atom. The first-order chi connectivity index (χ1) is 26.8. The third kappa shape index (κ3) is 23.4. The lowest BCUT2D eigenvalue weighted by Gasteiger charge is -2.31. The highest BCUT2D eigenvalue weighted by Crippen LogP contribution is 2.28. The average molecular weight is 825 g/mol. The molecule has 4 N–H and O–H groups in total. The Balaban J connectivity index is 0.000000361. The number of piperidine rings is 2. The molecule has 3 fully saturated rings. The molecule has 4 heterocycles. The number of hydrogen-bond acceptors (Lipinski definition) is 11. The van der Waals surface area contributed by atoms with Crippen molar-refractivity contribution in [3.05, 3.63) is 11.8 Å². The molecule has 4 rings (SSSR count). The van der Waals surface area contributed by atoms with E-state index in [0.29, 0.717) is 26.2 Å². The molecule has 0 aromatic rings. The van der Waals surface area contributed by atoms with Crippen LogP contribution in [0.3, 0.4) is 0 Å². The van der Waals surface area contributed by atoms with Crippen LogP contribution in [0.4, 0.5) is 4.79 Å². The number of rotatable bonds is 11. The molecule has 3 saturated heterocycles. The first kappa shape index (κ1) is 51.7. The van der Waals surface area contributed by atoms with E-state index >= 15 is 0 Å². The largest absolute Gasteiger partial charge is 0.388 e. The quantitative estimate of drug-likeness (QED) is 0.155. The second-order valence-corrected chi connectivity index (χ2v) is 19.8. The molecule has 0 aromatic heterocycles. The molecule has 58 heavy (non-hydrogen) atoms. The Morgan fingerprint density at radius 3 is 2.03 bits per heavy atom. The van der Waals surface area contributed by atoms with Gasteiger partial charge in [0.1, 0.15) is 37.7 Å². The molecule has 0 unspecified atom stereocenters. The van der Waals surface area contributed by atoms with Gasteiger partial charge in [-0.1, -0.05) is 6.42 Å². The van der Waals surface area contributed by atoms with E-state index in [1.807, 2.05) is 83.1 Å². The lowest BCUT2D eigenvalue weighted by atomic mass is 10.1. The van der Waals surface area contributed by atoms with E-state index in [1.54, 1.807) is 11.9 Å². The van der Waals surface area contributed by atoms with E-state index in [-0.39, 0.29) is 58.5 Å². The predicted molar refractivity (Wildman–Crippen MR) is 228 cm³/mol. The molecule has 3 amide bonds. The monoisotopic (exact) mass is 825 g/mol. The lowest BCUT2D eigenvalue weighted by Crippen LogP contribution is -2.46. The van der Waals surface area contributed by atoms with Gasteiger partial charge >= 0.3 is 6.03 Å². The molecule has 0 saturated carbocycles. The standard InChI is InChI=1S/C21H35N3O6.C18H36NO3.C5H11N/c1-20(2,3)28-12-16-15(30-21(4,5)6)10-17(29-16)22-19(27)23-18(26)13-11-24(7)9-8-14(13)25;1-17(2,3)21-14-15(20)16(22-18(4,5)6)10-13-19-11-8-7-9-12-19;1-2-4-6-5-3-1/h11,15-17H,8-10,12H2,1-7H3,(H2,22,23,26,27);13,15-16,20H,7-12,14H2,1-6H3;6H,1-5H2/q;+1;/t15-,16-,17-;15-,16-;/m11./s1. The van der Waals surface area contributed by atoms with Crippen LogP contribution in [0.5, 0.6) is 0 Å². The van der Waals surface area contributed by atoms with Crippen molar-refractivity contribution < 1.29 is 47.7 Å². The first-order valence-corrected chi connectivity index (χ1v) is 21.6. The third-order valence-electron chi connectivity index (χ3n) is 9.31. The minimum absolute atomic E-state index is 0.0309. The van der Waals surface area contributed by atoms with Crippen LogP contribution in [0.1, 0.15) is 141 Å². The molecule has 0 aliphatic carbocycles. The maximum Gasteiger partial charge on any atom is 0.323 e. The summed E-state index contributed by atoms with van der Waals surface area (Å²) in [5, 5.41) is 18.6. The molecule has 336 valence electrons. The van der Waals surface area contributed by atoms with Crippen molar-refractivity contribution in [2.24, 2.45) is 0 Å². The molecule has 4 aliphatic rings. The number of amides is 3. The zero-order valence-corrected chi connectivity index (χ0v) is 38.5. The smallest absolute Gasteiger partial charge is 0.323 e. The minimum Gasteiger partial charge on any atom is -0.388 e. The second kappa shape index (κ2) is 24.1. The van der Waals surface area contributed by atoms with Gasteiger partial charge in [-0.25, -0.2) is 9.37 Å². The van der Waals surface area contributed by atoms with Gasteiger partial charge in [-0.15, -0.1) is 0 Å². The zero-order valence-electron chi connectivity index (χ0n) is 38.5. The van der Waals surface area contributed by atoms with Crippen LogP contribution < -0.4 is 16.0 Å². The predicted octanol–water partition coefficient (Wildman–Crippen LogP) is 5.48. The fourth-order valence-corrected chi connectivity index (χ4v) is 6.51. The molecule has 0 aromatic carbocycles. The van der Waals surface area contributed by atoms with Gasteiger partial charge in [0.2, 0.25) is 0 Å². The number of ketones is 1. The normalized spacial score (nSPS) is 23.0. The van der Waals surface area contributed by atoms with Crippen LogP contribution in [-0.4, -0.2) is 145 Å². The number of ether oxygens (including phenoxy) is 5. The zero-order chi connectivity index (χ0) is 43.7. The molecule has 14 nitrogen and oxygen atoms in total. The van der Waals surface area contributed by atoms with Gasteiger partial charge < -0.3 is 44.3 Å². The molecule has 0 radical (unpaired) electrons. The number of Topliss-reactive ketones (excluding diaryl/α,β-unsaturated/α-hetero) is 1. The van der Waals surface area contributed by atoms with Crippen LogP contribution in [-0.2, 0) is 33.3 Å². The van der Waals surface area contributed by atoms with E-state index < -0.39 is 24.3 Å². The van der Waals surface area contributed by atoms with Crippen molar-refractivity contribution in [2.75, 3.05) is 53.0 Å². The lowest BCUT2D eigenvalue weighted by molar-refractivity contribution is -0.534. The van der Waals surface area contributed by atoms with E-state index in [2.05, 4.69) is 26.7 Å². The minimum atomic E-state index is -0.725. The third-order valence-corrected chi connectivity index (χ3v) is 9.31. The fraction of sp³-hybridized carbons (Fsp3) is 0.864. The number of carbonyl (C=O) groups is 3. The molecule has 4 aliphatic heterocycles. The van der Waals surface area contributed by atoms with Gasteiger partial charge in [0.05, 0.1) is 59.8 Å². The number of nitrogens with one attached hydrogen (secondary N) is 3. The summed E-state index contributed by atoms with van der Waals surface area (Å²) in [4.78, 5) is 38.3. The molecular weight excluding hydrogens is 743 g/mol. The van der Waals surface area contributed by atoms with Crippen LogP contribution in [0.15, 0.2) is 11.8 Å². The molecule has 0 bridgehead atoms. The number of aliphatic hydroxyl groups is 1. The Bertz CT molecular complexity index is 1300. The van der Waals surface area contributed by atoms with Gasteiger partial charge in [-0.2, -0.15) is 0 Å². The Kier molecular flexibility index (Phi) is 21.5. The van der Waals surface area contributed by atoms with Gasteiger partial charge in [0.25, 0.3) is 5.91 Å². The highest BCUT2D eigenvalue weighted by molar-refractivity contribution is 6.22. The summed E-state index contributed by atoms with van der Waals surface area (Å²) in [7, 11) is 1.77. The van der Waals surface area contributed by atoms with Gasteiger partial charge in [0, 0.05) is 45.5 Å². The van der Waals surface area contributed by atoms with Crippen molar-refractivity contribution in [1.82, 2.24) is 20.9 Å². The van der Waals surface area contributed by atoms with Crippen LogP contribution in [0.25, 0.3) is 0 Å². The fourth-order valence-electron chi connectivity index (χ4n) is 6.51. The summed E-state index contributed by atoms with van der Waals surface area (Å²) in [6.07, 6.45) is 11.0. The van der Waals surface area contributed by atoms with E-state index in [4.69, 9.17) is 23.7 Å². The van der Waals surface area contributed by atoms with E-state index in [9.17, 15) is 19.5 Å². The molecule has 14 heteroatoms. The summed E-state index contributed by atoms with van der Waals surface area (Å²) in [6.45, 7) is 29.7. The van der Waals surface area contributed by atoms with Crippen molar-refractivity contribution in [3.63, 3.8) is 0 Å². The Morgan fingerprint density at radius 1 is 0.914 bits per heavy atom. The molecule has 5 atom stereocenters. The summed E-state index contributed by atoms with van der Waals surface area (Å²) < 4.78 is 32.0. The maximum atomic E-state index is 12.3. The summed E-state index contributed by atoms with van der Waals surface area (Å²) in [6, 6.07) is -0.723. The number of aliphatic hydroxyl groups excluding tert-OH is 1. The summed E-state index contributed by atoms with van der Waals surface area (Å²) in [5.74, 6) is -1.01. The van der Waals surface area contributed by atoms with Gasteiger partial charge in [-0.05, 0) is 115 Å². The first-order valence-electron chi connectivity index (χ1n) is 21.6. The summed E-state index contributed by atoms with van der Waals surface area (Å²) in [5.41, 5.74) is -1.27. The Labute approximate surface area is 350 Å². The van der Waals surface area contributed by atoms with Crippen molar-refractivity contribution in [2.45, 2.75) is 194 Å². The van der Waals surface area contributed by atoms with Crippen molar-refractivity contribution >= 4 is 23.9 Å². The highest BCUT2D eigenvalue weighted by atomic mass is 16.6. The second-order valence-electron chi connectivity index (χ2n) is 19.8. The Hall–Kier alpha value is -2.46. The number of hydrogen-bond donors (Lipinski definition) is 4. The van der Waals surface area contributed by atoms with E-state index in [0.717, 1.165) is 19.5 Å². The van der Waals surface area contributed by atoms with Crippen LogP contribution in [0, 0.1) is 0 Å². The number of carbonyl (C=O) groups excluding carboxylic acids is 3. The van der Waals surface area contributed by atoms with Crippen LogP contribution >= 0.6 is 0 Å². The topological polar surface area (TPSA) is 160 Å². The highest BCUT2D eigenvalue weighted by Gasteiger charge is 2.40. The average Bonchev–Trinajstić information content (AvgIpc) is 3.48. The SMILES string of the molecule is C1CCNCC1.CC(C)(C)OC[C@@H](O)[C@@H](CC=[N+]1CCCCC1)OC(C)(C)C.CN1C=C(C(=O)NC(=O)N[C@H]2C[C@@H](OC(C)(C)C)[C@@H](COC(C)(C)C)O2)C(=O)CC1. The maximum absolute atomic E-state index is 12.3. The molecular formula is C44H82N5O9+. The molecule has 0 spiro atoms. The van der Waals surface area contributed by atoms with Gasteiger partial charge in [0.15, 0.2) is 5.78 Å². The van der Waals surface area contributed by atoms with E-state index in [1.165, 1.54) is 57.8 Å².